The summed E-state index contributed by atoms with van der Waals surface area (Å²) in [6.07, 6.45) is 8.98. The lowest BCUT2D eigenvalue weighted by Crippen LogP contribution is -2.54. The maximum absolute atomic E-state index is 13.3. The number of carbonyl (C=O) groups is 3. The van der Waals surface area contributed by atoms with Gasteiger partial charge in [-0.15, -0.1) is 0 Å². The number of nitrogens with one attached hydrogen (secondary N) is 1. The van der Waals surface area contributed by atoms with E-state index in [0.29, 0.717) is 31.6 Å². The lowest BCUT2D eigenvalue weighted by atomic mass is 9.65. The minimum Gasteiger partial charge on any atom is -0.340 e. The molecule has 2 aliphatic carbocycles. The molecule has 4 aliphatic rings. The van der Waals surface area contributed by atoms with Gasteiger partial charge < -0.3 is 10.2 Å². The summed E-state index contributed by atoms with van der Waals surface area (Å²) in [6.45, 7) is 10.0. The molecule has 0 aromatic carbocycles. The minimum absolute atomic E-state index is 0.0466. The van der Waals surface area contributed by atoms with E-state index in [0.717, 1.165) is 58.0 Å². The van der Waals surface area contributed by atoms with E-state index in [1.54, 1.807) is 0 Å². The number of carbonyl (C=O) groups excluding carboxylic acids is 3. The van der Waals surface area contributed by atoms with E-state index < -0.39 is 5.54 Å². The van der Waals surface area contributed by atoms with Crippen LogP contribution in [0.4, 0.5) is 4.79 Å². The Morgan fingerprint density at radius 1 is 1.03 bits per heavy atom. The molecule has 1 spiro atoms. The highest BCUT2D eigenvalue weighted by Crippen LogP contribution is 2.45. The molecule has 1 N–H and O–H groups in total. The highest BCUT2D eigenvalue weighted by atomic mass is 16.2. The molecule has 2 heterocycles. The van der Waals surface area contributed by atoms with Gasteiger partial charge in [0.05, 0.1) is 6.67 Å². The molecular formula is C24H40N4O3. The lowest BCUT2D eigenvalue weighted by Gasteiger charge is -2.42. The average molecular weight is 433 g/mol. The quantitative estimate of drug-likeness (QED) is 0.677. The van der Waals surface area contributed by atoms with Crippen molar-refractivity contribution in [3.63, 3.8) is 0 Å². The SMILES string of the molecule is CCC(C)(C)C1CCC2(CC1)NC(=O)N(CN1CCN(C(=O)C3CCCC3)CC1)C2=O. The molecule has 4 fully saturated rings. The van der Waals surface area contributed by atoms with Crippen molar-refractivity contribution in [2.45, 2.75) is 84.1 Å². The normalized spacial score (nSPS) is 31.0. The van der Waals surface area contributed by atoms with Gasteiger partial charge in [-0.3, -0.25) is 14.5 Å². The van der Waals surface area contributed by atoms with Crippen molar-refractivity contribution < 1.29 is 14.4 Å². The Kier molecular flexibility index (Phi) is 6.35. The topological polar surface area (TPSA) is 73.0 Å². The largest absolute Gasteiger partial charge is 0.340 e. The van der Waals surface area contributed by atoms with Crippen LogP contribution in [0.25, 0.3) is 0 Å². The second kappa shape index (κ2) is 8.72. The first-order chi connectivity index (χ1) is 14.8. The number of amides is 4. The Bertz CT molecular complexity index is 700. The summed E-state index contributed by atoms with van der Waals surface area (Å²) in [5, 5.41) is 3.06. The zero-order valence-corrected chi connectivity index (χ0v) is 19.6. The smallest absolute Gasteiger partial charge is 0.326 e. The summed E-state index contributed by atoms with van der Waals surface area (Å²) in [4.78, 5) is 44.2. The number of nitrogens with zero attached hydrogens (tertiary/aromatic N) is 3. The van der Waals surface area contributed by atoms with Gasteiger partial charge >= 0.3 is 6.03 Å². The van der Waals surface area contributed by atoms with Crippen molar-refractivity contribution in [1.29, 1.82) is 0 Å². The fourth-order valence-electron chi connectivity index (χ4n) is 6.06. The van der Waals surface area contributed by atoms with Gasteiger partial charge in [-0.25, -0.2) is 9.69 Å². The van der Waals surface area contributed by atoms with Gasteiger partial charge in [-0.05, 0) is 49.9 Å². The minimum atomic E-state index is -0.697. The molecule has 2 saturated heterocycles. The van der Waals surface area contributed by atoms with Crippen LogP contribution in [0.5, 0.6) is 0 Å². The van der Waals surface area contributed by atoms with E-state index in [-0.39, 0.29) is 23.3 Å². The van der Waals surface area contributed by atoms with E-state index in [1.807, 2.05) is 4.90 Å². The van der Waals surface area contributed by atoms with Crippen molar-refractivity contribution in [3.05, 3.63) is 0 Å². The summed E-state index contributed by atoms with van der Waals surface area (Å²) >= 11 is 0. The highest BCUT2D eigenvalue weighted by Gasteiger charge is 2.53. The van der Waals surface area contributed by atoms with E-state index in [1.165, 1.54) is 17.7 Å². The van der Waals surface area contributed by atoms with Crippen LogP contribution in [-0.2, 0) is 9.59 Å². The Morgan fingerprint density at radius 2 is 1.65 bits per heavy atom. The van der Waals surface area contributed by atoms with Crippen LogP contribution < -0.4 is 5.32 Å². The van der Waals surface area contributed by atoms with Crippen LogP contribution in [-0.4, -0.2) is 70.9 Å². The first-order valence-electron chi connectivity index (χ1n) is 12.4. The third kappa shape index (κ3) is 4.35. The molecule has 174 valence electrons. The lowest BCUT2D eigenvalue weighted by molar-refractivity contribution is -0.139. The number of piperazine rings is 1. The van der Waals surface area contributed by atoms with Crippen LogP contribution in [0.3, 0.4) is 0 Å². The zero-order valence-electron chi connectivity index (χ0n) is 19.6. The molecule has 0 bridgehead atoms. The summed E-state index contributed by atoms with van der Waals surface area (Å²) < 4.78 is 0. The fraction of sp³-hybridized carbons (Fsp3) is 0.875. The van der Waals surface area contributed by atoms with Crippen molar-refractivity contribution in [2.75, 3.05) is 32.8 Å². The second-order valence-corrected chi connectivity index (χ2v) is 10.9. The van der Waals surface area contributed by atoms with Crippen molar-refractivity contribution in [3.8, 4) is 0 Å². The Labute approximate surface area is 186 Å². The van der Waals surface area contributed by atoms with E-state index in [2.05, 4.69) is 31.0 Å². The molecule has 7 heteroatoms. The van der Waals surface area contributed by atoms with Gasteiger partial charge in [0, 0.05) is 32.1 Å². The molecule has 31 heavy (non-hydrogen) atoms. The molecule has 4 rings (SSSR count). The molecule has 0 aromatic rings. The van der Waals surface area contributed by atoms with Gasteiger partial charge in [-0.1, -0.05) is 40.0 Å². The van der Waals surface area contributed by atoms with Crippen LogP contribution in [0, 0.1) is 17.3 Å². The number of hydrogen-bond donors (Lipinski definition) is 1. The van der Waals surface area contributed by atoms with Crippen molar-refractivity contribution in [1.82, 2.24) is 20.0 Å². The zero-order chi connectivity index (χ0) is 22.2. The molecule has 2 aliphatic heterocycles. The number of rotatable bonds is 5. The van der Waals surface area contributed by atoms with Gasteiger partial charge in [0.25, 0.3) is 5.91 Å². The molecule has 7 nitrogen and oxygen atoms in total. The van der Waals surface area contributed by atoms with Crippen molar-refractivity contribution in [2.24, 2.45) is 17.3 Å². The molecule has 0 radical (unpaired) electrons. The van der Waals surface area contributed by atoms with Crippen LogP contribution in [0.15, 0.2) is 0 Å². The highest BCUT2D eigenvalue weighted by molar-refractivity contribution is 6.07. The molecule has 0 atom stereocenters. The molecule has 2 saturated carbocycles. The van der Waals surface area contributed by atoms with Crippen LogP contribution in [0.2, 0.25) is 0 Å². The number of imide groups is 1. The third-order valence-corrected chi connectivity index (χ3v) is 8.83. The van der Waals surface area contributed by atoms with Crippen molar-refractivity contribution >= 4 is 17.8 Å². The first-order valence-corrected chi connectivity index (χ1v) is 12.4. The first kappa shape index (κ1) is 22.6. The monoisotopic (exact) mass is 432 g/mol. The van der Waals surface area contributed by atoms with E-state index in [4.69, 9.17) is 0 Å². The van der Waals surface area contributed by atoms with Crippen LogP contribution >= 0.6 is 0 Å². The van der Waals surface area contributed by atoms with E-state index in [9.17, 15) is 14.4 Å². The molecule has 0 aromatic heterocycles. The van der Waals surface area contributed by atoms with Gasteiger partial charge in [-0.2, -0.15) is 0 Å². The molecular weight excluding hydrogens is 392 g/mol. The second-order valence-electron chi connectivity index (χ2n) is 10.9. The molecule has 0 unspecified atom stereocenters. The summed E-state index contributed by atoms with van der Waals surface area (Å²) in [6, 6.07) is -0.248. The maximum atomic E-state index is 13.3. The maximum Gasteiger partial charge on any atom is 0.326 e. The van der Waals surface area contributed by atoms with Crippen LogP contribution in [0.1, 0.15) is 78.6 Å². The third-order valence-electron chi connectivity index (χ3n) is 8.83. The Morgan fingerprint density at radius 3 is 2.23 bits per heavy atom. The van der Waals surface area contributed by atoms with Gasteiger partial charge in [0.1, 0.15) is 5.54 Å². The summed E-state index contributed by atoms with van der Waals surface area (Å²) in [5.74, 6) is 1.07. The number of urea groups is 1. The predicted octanol–water partition coefficient (Wildman–Crippen LogP) is 3.20. The summed E-state index contributed by atoms with van der Waals surface area (Å²) in [7, 11) is 0. The van der Waals surface area contributed by atoms with Gasteiger partial charge in [0.15, 0.2) is 0 Å². The standard InChI is InChI=1S/C24H40N4O3/c1-4-23(2,3)19-9-11-24(12-10-19)21(30)28(22(31)25-24)17-26-13-15-27(16-14-26)20(29)18-7-5-6-8-18/h18-19H,4-17H2,1-3H3,(H,25,31). The van der Waals surface area contributed by atoms with Gasteiger partial charge in [0.2, 0.25) is 5.91 Å². The number of hydrogen-bond acceptors (Lipinski definition) is 4. The Balaban J connectivity index is 1.30. The fourth-order valence-corrected chi connectivity index (χ4v) is 6.06. The predicted molar refractivity (Wildman–Crippen MR) is 119 cm³/mol. The Hall–Kier alpha value is -1.63. The summed E-state index contributed by atoms with van der Waals surface area (Å²) in [5.41, 5.74) is -0.416. The average Bonchev–Trinajstić information content (AvgIpc) is 3.38. The van der Waals surface area contributed by atoms with E-state index >= 15 is 0 Å². The molecule has 4 amide bonds.